The summed E-state index contributed by atoms with van der Waals surface area (Å²) in [5.41, 5.74) is 3.75. The molecule has 6 heterocycles. The lowest BCUT2D eigenvalue weighted by molar-refractivity contribution is -0.136. The van der Waals surface area contributed by atoms with Crippen molar-refractivity contribution in [2.75, 3.05) is 43.4 Å². The molecule has 0 radical (unpaired) electrons. The summed E-state index contributed by atoms with van der Waals surface area (Å²) < 4.78 is 17.5. The molecule has 9 rings (SSSR count). The number of nitrogens with one attached hydrogen (secondary N) is 4. The van der Waals surface area contributed by atoms with Crippen molar-refractivity contribution in [1.29, 1.82) is 0 Å². The standard InChI is InChI=1S/C38H34FN11O6/c39-24-14-21(6-7-25(24)44-33-34-41-17-29(22-15-42-43-16-22)49(34)19-27(45-33)20-4-5-20)36(54)48-12-10-47(11-13-48)31(52)18-40-26-3-1-2-23-32(26)38(56)50(37(23)55)28-8-9-30(51)46-35(28)53/h1-3,6-7,14-17,19-20,28,40H,4-5,8-13,18H2,(H,42,43)(H,44,45)(H,46,51,53). The van der Waals surface area contributed by atoms with E-state index < -0.39 is 35.5 Å². The Hall–Kier alpha value is -6.98. The number of aromatic nitrogens is 5. The Morgan fingerprint density at radius 2 is 1.73 bits per heavy atom. The minimum Gasteiger partial charge on any atom is -0.375 e. The zero-order chi connectivity index (χ0) is 38.7. The van der Waals surface area contributed by atoms with Crippen LogP contribution in [0, 0.1) is 5.82 Å². The first-order valence-corrected chi connectivity index (χ1v) is 18.2. The van der Waals surface area contributed by atoms with Gasteiger partial charge in [-0.25, -0.2) is 14.4 Å². The highest BCUT2D eigenvalue weighted by Crippen LogP contribution is 2.40. The number of piperazine rings is 1. The van der Waals surface area contributed by atoms with Gasteiger partial charge < -0.3 is 20.4 Å². The van der Waals surface area contributed by atoms with Crippen LogP contribution in [0.25, 0.3) is 16.9 Å². The molecule has 4 aliphatic rings. The molecule has 0 spiro atoms. The second kappa shape index (κ2) is 13.7. The van der Waals surface area contributed by atoms with Gasteiger partial charge in [0.2, 0.25) is 17.7 Å². The van der Waals surface area contributed by atoms with Crippen LogP contribution in [-0.2, 0) is 14.4 Å². The van der Waals surface area contributed by atoms with Crippen LogP contribution >= 0.6 is 0 Å². The fourth-order valence-electron chi connectivity index (χ4n) is 7.43. The van der Waals surface area contributed by atoms with Crippen molar-refractivity contribution >= 4 is 58.3 Å². The number of rotatable bonds is 9. The van der Waals surface area contributed by atoms with Crippen molar-refractivity contribution in [2.24, 2.45) is 0 Å². The van der Waals surface area contributed by atoms with Crippen LogP contribution in [0.2, 0.25) is 0 Å². The number of piperidine rings is 1. The number of aromatic amines is 1. The molecule has 2 aromatic carbocycles. The number of carbonyl (C=O) groups is 6. The van der Waals surface area contributed by atoms with Gasteiger partial charge >= 0.3 is 0 Å². The summed E-state index contributed by atoms with van der Waals surface area (Å²) in [7, 11) is 0. The quantitative estimate of drug-likeness (QED) is 0.161. The van der Waals surface area contributed by atoms with Gasteiger partial charge in [-0.2, -0.15) is 5.10 Å². The lowest BCUT2D eigenvalue weighted by atomic mass is 10.0. The maximum atomic E-state index is 15.6. The van der Waals surface area contributed by atoms with Gasteiger partial charge in [0.05, 0.1) is 47.1 Å². The predicted octanol–water partition coefficient (Wildman–Crippen LogP) is 2.68. The number of amides is 6. The van der Waals surface area contributed by atoms with E-state index in [1.54, 1.807) is 46.6 Å². The van der Waals surface area contributed by atoms with E-state index in [0.29, 0.717) is 17.4 Å². The van der Waals surface area contributed by atoms with Crippen LogP contribution in [0.4, 0.5) is 21.6 Å². The summed E-state index contributed by atoms with van der Waals surface area (Å²) in [4.78, 5) is 90.6. The molecule has 1 aliphatic carbocycles. The molecule has 3 aliphatic heterocycles. The summed E-state index contributed by atoms with van der Waals surface area (Å²) in [6.45, 7) is 0.696. The van der Waals surface area contributed by atoms with E-state index in [-0.39, 0.29) is 85.4 Å². The van der Waals surface area contributed by atoms with Crippen LogP contribution < -0.4 is 16.0 Å². The van der Waals surface area contributed by atoms with Crippen molar-refractivity contribution in [1.82, 2.24) is 44.6 Å². The number of fused-ring (bicyclic) bond motifs is 2. The lowest BCUT2D eigenvalue weighted by Gasteiger charge is -2.35. The second-order valence-corrected chi connectivity index (χ2v) is 14.1. The van der Waals surface area contributed by atoms with Crippen molar-refractivity contribution in [3.8, 4) is 11.3 Å². The van der Waals surface area contributed by atoms with Gasteiger partial charge in [0.25, 0.3) is 17.7 Å². The van der Waals surface area contributed by atoms with Gasteiger partial charge in [-0.1, -0.05) is 6.07 Å². The first kappa shape index (κ1) is 34.8. The van der Waals surface area contributed by atoms with Crippen molar-refractivity contribution < 1.29 is 33.2 Å². The Morgan fingerprint density at radius 1 is 0.929 bits per heavy atom. The first-order valence-electron chi connectivity index (χ1n) is 18.2. The fourth-order valence-corrected chi connectivity index (χ4v) is 7.43. The molecule has 1 unspecified atom stereocenters. The van der Waals surface area contributed by atoms with Gasteiger partial charge in [0, 0.05) is 67.7 Å². The molecule has 0 bridgehead atoms. The summed E-state index contributed by atoms with van der Waals surface area (Å²) in [6, 6.07) is 7.74. The third kappa shape index (κ3) is 6.17. The van der Waals surface area contributed by atoms with E-state index in [1.165, 1.54) is 18.2 Å². The van der Waals surface area contributed by atoms with Gasteiger partial charge in [0.15, 0.2) is 11.5 Å². The average molecular weight is 760 g/mol. The van der Waals surface area contributed by atoms with Crippen molar-refractivity contribution in [2.45, 2.75) is 37.6 Å². The summed E-state index contributed by atoms with van der Waals surface area (Å²) in [6.07, 6.45) is 9.21. The van der Waals surface area contributed by atoms with Crippen LogP contribution in [0.3, 0.4) is 0 Å². The van der Waals surface area contributed by atoms with Gasteiger partial charge in [-0.15, -0.1) is 0 Å². The van der Waals surface area contributed by atoms with Gasteiger partial charge in [-0.05, 0) is 49.6 Å². The first-order chi connectivity index (χ1) is 27.1. The van der Waals surface area contributed by atoms with Gasteiger partial charge in [-0.3, -0.25) is 48.5 Å². The molecule has 2 saturated heterocycles. The van der Waals surface area contributed by atoms with E-state index in [2.05, 4.69) is 31.1 Å². The lowest BCUT2D eigenvalue weighted by Crippen LogP contribution is -2.54. The van der Waals surface area contributed by atoms with E-state index in [0.717, 1.165) is 34.7 Å². The Labute approximate surface area is 317 Å². The monoisotopic (exact) mass is 759 g/mol. The Bertz CT molecular complexity index is 2470. The number of hydrogen-bond donors (Lipinski definition) is 4. The molecule has 4 N–H and O–H groups in total. The van der Waals surface area contributed by atoms with Crippen molar-refractivity contribution in [3.63, 3.8) is 0 Å². The molecule has 56 heavy (non-hydrogen) atoms. The Kier molecular flexibility index (Phi) is 8.51. The van der Waals surface area contributed by atoms with Gasteiger partial charge in [0.1, 0.15) is 11.9 Å². The highest BCUT2D eigenvalue weighted by Gasteiger charge is 2.45. The van der Waals surface area contributed by atoms with E-state index in [1.807, 2.05) is 10.6 Å². The van der Waals surface area contributed by atoms with E-state index >= 15 is 4.39 Å². The number of nitrogens with zero attached hydrogens (tertiary/aromatic N) is 7. The van der Waals surface area contributed by atoms with Crippen LogP contribution in [0.15, 0.2) is 61.2 Å². The normalized spacial score (nSPS) is 18.4. The number of imide groups is 2. The predicted molar refractivity (Wildman–Crippen MR) is 196 cm³/mol. The number of H-pyrrole nitrogens is 1. The molecule has 18 heteroatoms. The van der Waals surface area contributed by atoms with Crippen molar-refractivity contribution in [3.05, 3.63) is 89.4 Å². The number of benzene rings is 2. The maximum Gasteiger partial charge on any atom is 0.264 e. The molecular formula is C38H34FN11O6. The molecule has 1 atom stereocenters. The number of anilines is 3. The van der Waals surface area contributed by atoms with Crippen LogP contribution in [0.1, 0.15) is 68.4 Å². The van der Waals surface area contributed by atoms with E-state index in [4.69, 9.17) is 4.98 Å². The minimum atomic E-state index is -1.11. The van der Waals surface area contributed by atoms with Crippen LogP contribution in [0.5, 0.6) is 0 Å². The molecule has 5 aromatic rings. The SMILES string of the molecule is O=C1CCC(N2C(=O)c3cccc(NCC(=O)N4CCN(C(=O)c5ccc(Nc6nc(C7CC7)cn7c(-c8cn[nH]c8)cnc67)c(F)c5)CC4)c3C2=O)C(=O)N1. The highest BCUT2D eigenvalue weighted by molar-refractivity contribution is 6.25. The molecule has 6 amide bonds. The zero-order valence-electron chi connectivity index (χ0n) is 29.8. The summed E-state index contributed by atoms with van der Waals surface area (Å²) in [5, 5.41) is 15.1. The number of carbonyl (C=O) groups excluding carboxylic acids is 6. The Morgan fingerprint density at radius 3 is 2.46 bits per heavy atom. The minimum absolute atomic E-state index is 0.00197. The molecular weight excluding hydrogens is 725 g/mol. The largest absolute Gasteiger partial charge is 0.375 e. The smallest absolute Gasteiger partial charge is 0.264 e. The average Bonchev–Trinajstić information content (AvgIpc) is 3.63. The third-order valence-corrected chi connectivity index (χ3v) is 10.6. The molecule has 284 valence electrons. The molecule has 17 nitrogen and oxygen atoms in total. The maximum absolute atomic E-state index is 15.6. The van der Waals surface area contributed by atoms with E-state index in [9.17, 15) is 28.8 Å². The number of imidazole rings is 1. The molecule has 3 aromatic heterocycles. The van der Waals surface area contributed by atoms with Crippen LogP contribution in [-0.4, -0.2) is 113 Å². The molecule has 3 fully saturated rings. The fraction of sp³-hybridized carbons (Fsp3) is 0.289. The summed E-state index contributed by atoms with van der Waals surface area (Å²) >= 11 is 0. The third-order valence-electron chi connectivity index (χ3n) is 10.6. The second-order valence-electron chi connectivity index (χ2n) is 14.1. The topological polar surface area (TPSA) is 207 Å². The zero-order valence-corrected chi connectivity index (χ0v) is 29.8. The molecule has 1 saturated carbocycles. The number of hydrogen-bond acceptors (Lipinski definition) is 11. The highest BCUT2D eigenvalue weighted by atomic mass is 19.1. The summed E-state index contributed by atoms with van der Waals surface area (Å²) in [5.74, 6) is -3.10. The Balaban J connectivity index is 0.824. The number of halogens is 1.